The minimum absolute atomic E-state index is 0.0509. The van der Waals surface area contributed by atoms with Gasteiger partial charge in [0, 0.05) is 13.1 Å². The second-order valence-corrected chi connectivity index (χ2v) is 8.60. The number of ether oxygens (including phenoxy) is 1. The molecule has 1 heterocycles. The summed E-state index contributed by atoms with van der Waals surface area (Å²) in [5, 5.41) is 3.05. The molecule has 0 bridgehead atoms. The highest BCUT2D eigenvalue weighted by molar-refractivity contribution is 5.77. The second-order valence-electron chi connectivity index (χ2n) is 8.60. The summed E-state index contributed by atoms with van der Waals surface area (Å²) in [6, 6.07) is 29.0. The number of hydrogen-bond acceptors (Lipinski definition) is 3. The van der Waals surface area contributed by atoms with Crippen molar-refractivity contribution in [3.8, 4) is 5.75 Å². The van der Waals surface area contributed by atoms with Crippen molar-refractivity contribution in [1.29, 1.82) is 0 Å². The Kier molecular flexibility index (Phi) is 7.94. The van der Waals surface area contributed by atoms with Gasteiger partial charge in [0.05, 0.1) is 0 Å². The van der Waals surface area contributed by atoms with Crippen LogP contribution >= 0.6 is 0 Å². The summed E-state index contributed by atoms with van der Waals surface area (Å²) in [7, 11) is 0. The first-order valence-corrected chi connectivity index (χ1v) is 11.5. The number of carbonyl (C=O) groups excluding carboxylic acids is 1. The molecule has 1 N–H and O–H groups in total. The molecule has 4 heteroatoms. The minimum Gasteiger partial charge on any atom is -0.484 e. The van der Waals surface area contributed by atoms with Crippen LogP contribution in [0.3, 0.4) is 0 Å². The molecule has 3 aromatic rings. The minimum atomic E-state index is -0.0509. The molecule has 0 radical (unpaired) electrons. The molecule has 1 saturated heterocycles. The lowest BCUT2D eigenvalue weighted by Crippen LogP contribution is -2.39. The Morgan fingerprint density at radius 3 is 2.06 bits per heavy atom. The van der Waals surface area contributed by atoms with Crippen LogP contribution in [0, 0.1) is 5.92 Å². The highest BCUT2D eigenvalue weighted by Gasteiger charge is 2.19. The van der Waals surface area contributed by atoms with Crippen molar-refractivity contribution in [2.75, 3.05) is 26.2 Å². The van der Waals surface area contributed by atoms with E-state index in [9.17, 15) is 4.79 Å². The maximum atomic E-state index is 12.2. The summed E-state index contributed by atoms with van der Waals surface area (Å²) in [5.74, 6) is 1.22. The van der Waals surface area contributed by atoms with Gasteiger partial charge in [-0.15, -0.1) is 0 Å². The summed E-state index contributed by atoms with van der Waals surface area (Å²) in [5.41, 5.74) is 3.88. The Morgan fingerprint density at radius 2 is 1.41 bits per heavy atom. The molecule has 166 valence electrons. The normalized spacial score (nSPS) is 14.8. The first-order valence-electron chi connectivity index (χ1n) is 11.5. The Labute approximate surface area is 191 Å². The summed E-state index contributed by atoms with van der Waals surface area (Å²) in [6.07, 6.45) is 3.14. The van der Waals surface area contributed by atoms with Crippen molar-refractivity contribution in [3.05, 3.63) is 102 Å². The number of benzene rings is 3. The molecular weight excluding hydrogens is 396 g/mol. The fourth-order valence-electron chi connectivity index (χ4n) is 4.18. The van der Waals surface area contributed by atoms with E-state index in [1.165, 1.54) is 16.7 Å². The van der Waals surface area contributed by atoms with Gasteiger partial charge in [0.15, 0.2) is 6.61 Å². The molecule has 1 fully saturated rings. The predicted molar refractivity (Wildman–Crippen MR) is 129 cm³/mol. The van der Waals surface area contributed by atoms with Gasteiger partial charge in [-0.1, -0.05) is 72.8 Å². The molecule has 0 spiro atoms. The van der Waals surface area contributed by atoms with E-state index in [4.69, 9.17) is 4.74 Å². The molecule has 1 aliphatic rings. The van der Waals surface area contributed by atoms with Crippen LogP contribution in [0.5, 0.6) is 5.75 Å². The molecule has 0 atom stereocenters. The van der Waals surface area contributed by atoms with Gasteiger partial charge in [-0.25, -0.2) is 0 Å². The third-order valence-corrected chi connectivity index (χ3v) is 6.09. The first-order chi connectivity index (χ1) is 15.7. The van der Waals surface area contributed by atoms with Crippen molar-refractivity contribution in [2.45, 2.75) is 25.8 Å². The number of hydrogen-bond donors (Lipinski definition) is 1. The van der Waals surface area contributed by atoms with E-state index in [2.05, 4.69) is 76.9 Å². The van der Waals surface area contributed by atoms with Gasteiger partial charge in [0.2, 0.25) is 0 Å². The smallest absolute Gasteiger partial charge is 0.257 e. The zero-order valence-corrected chi connectivity index (χ0v) is 18.6. The first kappa shape index (κ1) is 22.1. The molecule has 0 aromatic heterocycles. The maximum absolute atomic E-state index is 12.2. The number of nitrogens with one attached hydrogen (secondary N) is 1. The maximum Gasteiger partial charge on any atom is 0.257 e. The fraction of sp³-hybridized carbons (Fsp3) is 0.321. The van der Waals surface area contributed by atoms with Gasteiger partial charge in [-0.05, 0) is 67.1 Å². The van der Waals surface area contributed by atoms with Crippen LogP contribution in [0.4, 0.5) is 0 Å². The lowest BCUT2D eigenvalue weighted by Gasteiger charge is -2.32. The Balaban J connectivity index is 1.12. The van der Waals surface area contributed by atoms with Crippen molar-refractivity contribution in [2.24, 2.45) is 5.92 Å². The number of piperidine rings is 1. The highest BCUT2D eigenvalue weighted by Crippen LogP contribution is 2.19. The zero-order valence-electron chi connectivity index (χ0n) is 18.6. The zero-order chi connectivity index (χ0) is 22.0. The number of nitrogens with zero attached hydrogens (tertiary/aromatic N) is 1. The summed E-state index contributed by atoms with van der Waals surface area (Å²) in [4.78, 5) is 14.7. The molecule has 0 aliphatic carbocycles. The monoisotopic (exact) mass is 428 g/mol. The number of amides is 1. The van der Waals surface area contributed by atoms with Crippen LogP contribution in [0.25, 0.3) is 0 Å². The van der Waals surface area contributed by atoms with Crippen LogP contribution < -0.4 is 10.1 Å². The Hall–Kier alpha value is -3.11. The van der Waals surface area contributed by atoms with Crippen LogP contribution in [-0.2, 0) is 17.8 Å². The Morgan fingerprint density at radius 1 is 0.812 bits per heavy atom. The standard InChI is InChI=1S/C28H32N2O2/c31-28(22-32-27-13-11-24(12-14-27)19-23-7-3-1-4-8-23)29-20-25-15-17-30(18-16-25)21-26-9-5-2-6-10-26/h1-14,25H,15-22H2,(H,29,31). The van der Waals surface area contributed by atoms with Crippen molar-refractivity contribution < 1.29 is 9.53 Å². The molecule has 1 amide bonds. The summed E-state index contributed by atoms with van der Waals surface area (Å²) >= 11 is 0. The van der Waals surface area contributed by atoms with E-state index in [0.29, 0.717) is 5.92 Å². The molecule has 0 saturated carbocycles. The lowest BCUT2D eigenvalue weighted by molar-refractivity contribution is -0.123. The average Bonchev–Trinajstić information content (AvgIpc) is 2.84. The molecule has 3 aromatic carbocycles. The van der Waals surface area contributed by atoms with Gasteiger partial charge >= 0.3 is 0 Å². The largest absolute Gasteiger partial charge is 0.484 e. The van der Waals surface area contributed by atoms with Crippen LogP contribution in [0.1, 0.15) is 29.5 Å². The molecule has 32 heavy (non-hydrogen) atoms. The predicted octanol–water partition coefficient (Wildman–Crippen LogP) is 4.68. The Bertz CT molecular complexity index is 950. The van der Waals surface area contributed by atoms with Crippen LogP contribution in [0.2, 0.25) is 0 Å². The third kappa shape index (κ3) is 6.96. The molecule has 4 rings (SSSR count). The van der Waals surface area contributed by atoms with Gasteiger partial charge in [-0.2, -0.15) is 0 Å². The second kappa shape index (κ2) is 11.5. The van der Waals surface area contributed by atoms with Gasteiger partial charge in [0.25, 0.3) is 5.91 Å². The fourth-order valence-corrected chi connectivity index (χ4v) is 4.18. The third-order valence-electron chi connectivity index (χ3n) is 6.09. The van der Waals surface area contributed by atoms with Gasteiger partial charge < -0.3 is 10.1 Å². The van der Waals surface area contributed by atoms with Gasteiger partial charge in [-0.3, -0.25) is 9.69 Å². The lowest BCUT2D eigenvalue weighted by atomic mass is 9.96. The summed E-state index contributed by atoms with van der Waals surface area (Å²) in [6.45, 7) is 3.97. The quantitative estimate of drug-likeness (QED) is 0.538. The number of likely N-dealkylation sites (tertiary alicyclic amines) is 1. The molecule has 4 nitrogen and oxygen atoms in total. The van der Waals surface area contributed by atoms with E-state index in [1.807, 2.05) is 18.2 Å². The van der Waals surface area contributed by atoms with E-state index in [1.54, 1.807) is 0 Å². The van der Waals surface area contributed by atoms with Crippen molar-refractivity contribution in [1.82, 2.24) is 10.2 Å². The van der Waals surface area contributed by atoms with E-state index >= 15 is 0 Å². The van der Waals surface area contributed by atoms with Crippen LogP contribution in [0.15, 0.2) is 84.9 Å². The topological polar surface area (TPSA) is 41.6 Å². The van der Waals surface area contributed by atoms with Crippen molar-refractivity contribution in [3.63, 3.8) is 0 Å². The molecule has 0 unspecified atom stereocenters. The summed E-state index contributed by atoms with van der Waals surface area (Å²) < 4.78 is 5.68. The molecule has 1 aliphatic heterocycles. The van der Waals surface area contributed by atoms with Crippen LogP contribution in [-0.4, -0.2) is 37.0 Å². The van der Waals surface area contributed by atoms with E-state index in [-0.39, 0.29) is 12.5 Å². The highest BCUT2D eigenvalue weighted by atomic mass is 16.5. The SMILES string of the molecule is O=C(COc1ccc(Cc2ccccc2)cc1)NCC1CCN(Cc2ccccc2)CC1. The van der Waals surface area contributed by atoms with Crippen molar-refractivity contribution >= 4 is 5.91 Å². The van der Waals surface area contributed by atoms with Gasteiger partial charge in [0.1, 0.15) is 5.75 Å². The van der Waals surface area contributed by atoms with E-state index in [0.717, 1.165) is 51.2 Å². The molecular formula is C28H32N2O2. The van der Waals surface area contributed by atoms with E-state index < -0.39 is 0 Å². The number of rotatable bonds is 9. The average molecular weight is 429 g/mol. The number of carbonyl (C=O) groups is 1.